The van der Waals surface area contributed by atoms with Gasteiger partial charge in [-0.2, -0.15) is 0 Å². The van der Waals surface area contributed by atoms with E-state index in [1.54, 1.807) is 12.1 Å². The van der Waals surface area contributed by atoms with E-state index in [1.165, 1.54) is 6.07 Å². The van der Waals surface area contributed by atoms with E-state index in [0.29, 0.717) is 11.3 Å². The summed E-state index contributed by atoms with van der Waals surface area (Å²) in [6, 6.07) is 10.6. The number of hydrogen-bond donors (Lipinski definition) is 1. The Morgan fingerprint density at radius 2 is 2.05 bits per heavy atom. The van der Waals surface area contributed by atoms with Crippen molar-refractivity contribution in [2.75, 3.05) is 6.54 Å². The molecule has 2 rings (SSSR count). The molecule has 0 spiro atoms. The van der Waals surface area contributed by atoms with Crippen LogP contribution < -0.4 is 10.1 Å². The van der Waals surface area contributed by atoms with Crippen LogP contribution in [0, 0.1) is 5.82 Å². The fourth-order valence-corrected chi connectivity index (χ4v) is 2.44. The lowest BCUT2D eigenvalue weighted by atomic mass is 10.2. The van der Waals surface area contributed by atoms with Crippen molar-refractivity contribution >= 4 is 27.5 Å². The van der Waals surface area contributed by atoms with E-state index in [-0.39, 0.29) is 11.6 Å². The number of ether oxygens (including phenoxy) is 1. The van der Waals surface area contributed by atoms with Gasteiger partial charge in [0, 0.05) is 16.6 Å². The molecular formula is C16H16BrClFNO. The molecule has 0 atom stereocenters. The third kappa shape index (κ3) is 4.43. The number of hydrogen-bond acceptors (Lipinski definition) is 2. The molecule has 21 heavy (non-hydrogen) atoms. The van der Waals surface area contributed by atoms with Gasteiger partial charge in [0.15, 0.2) is 0 Å². The van der Waals surface area contributed by atoms with Crippen molar-refractivity contribution in [3.63, 3.8) is 0 Å². The SMILES string of the molecule is CCNCc1cc(OCc2cccc(Cl)c2F)ccc1Br. The van der Waals surface area contributed by atoms with Gasteiger partial charge >= 0.3 is 0 Å². The van der Waals surface area contributed by atoms with Crippen LogP contribution in [0.5, 0.6) is 5.75 Å². The van der Waals surface area contributed by atoms with E-state index in [4.69, 9.17) is 16.3 Å². The molecule has 1 N–H and O–H groups in total. The van der Waals surface area contributed by atoms with Crippen LogP contribution >= 0.6 is 27.5 Å². The zero-order valence-electron chi connectivity index (χ0n) is 11.6. The minimum atomic E-state index is -0.427. The Hall–Kier alpha value is -1.10. The fourth-order valence-electron chi connectivity index (χ4n) is 1.86. The van der Waals surface area contributed by atoms with Crippen LogP contribution in [0.4, 0.5) is 4.39 Å². The van der Waals surface area contributed by atoms with Crippen LogP contribution in [0.2, 0.25) is 5.02 Å². The van der Waals surface area contributed by atoms with Crippen molar-refractivity contribution in [1.82, 2.24) is 5.32 Å². The Morgan fingerprint density at radius 3 is 2.81 bits per heavy atom. The van der Waals surface area contributed by atoms with E-state index in [2.05, 4.69) is 28.2 Å². The highest BCUT2D eigenvalue weighted by molar-refractivity contribution is 9.10. The first-order valence-electron chi connectivity index (χ1n) is 6.66. The molecule has 0 aliphatic rings. The summed E-state index contributed by atoms with van der Waals surface area (Å²) in [6.45, 7) is 3.84. The summed E-state index contributed by atoms with van der Waals surface area (Å²) in [7, 11) is 0. The number of rotatable bonds is 6. The maximum Gasteiger partial charge on any atom is 0.148 e. The van der Waals surface area contributed by atoms with Gasteiger partial charge in [0.2, 0.25) is 0 Å². The molecule has 112 valence electrons. The summed E-state index contributed by atoms with van der Waals surface area (Å²) in [5.41, 5.74) is 1.54. The summed E-state index contributed by atoms with van der Waals surface area (Å²) in [5, 5.41) is 3.37. The molecule has 0 aliphatic carbocycles. The predicted octanol–water partition coefficient (Wildman–Crippen LogP) is 4.93. The van der Waals surface area contributed by atoms with Gasteiger partial charge < -0.3 is 10.1 Å². The van der Waals surface area contributed by atoms with Crippen LogP contribution in [0.3, 0.4) is 0 Å². The first-order valence-corrected chi connectivity index (χ1v) is 7.83. The van der Waals surface area contributed by atoms with Gasteiger partial charge in [0.05, 0.1) is 5.02 Å². The van der Waals surface area contributed by atoms with Gasteiger partial charge in [-0.3, -0.25) is 0 Å². The average Bonchev–Trinajstić information content (AvgIpc) is 2.49. The Morgan fingerprint density at radius 1 is 1.24 bits per heavy atom. The lowest BCUT2D eigenvalue weighted by Gasteiger charge is -2.11. The molecule has 0 radical (unpaired) electrons. The lowest BCUT2D eigenvalue weighted by Crippen LogP contribution is -2.12. The largest absolute Gasteiger partial charge is 0.489 e. The first kappa shape index (κ1) is 16.3. The summed E-state index contributed by atoms with van der Waals surface area (Å²) in [5.74, 6) is 0.273. The third-order valence-electron chi connectivity index (χ3n) is 3.01. The van der Waals surface area contributed by atoms with Crippen LogP contribution in [0.15, 0.2) is 40.9 Å². The minimum Gasteiger partial charge on any atom is -0.489 e. The van der Waals surface area contributed by atoms with Gasteiger partial charge in [-0.25, -0.2) is 4.39 Å². The van der Waals surface area contributed by atoms with Crippen molar-refractivity contribution in [2.24, 2.45) is 0 Å². The minimum absolute atomic E-state index is 0.111. The van der Waals surface area contributed by atoms with Gasteiger partial charge in [-0.1, -0.05) is 46.6 Å². The van der Waals surface area contributed by atoms with E-state index in [0.717, 1.165) is 23.1 Å². The van der Waals surface area contributed by atoms with E-state index < -0.39 is 5.82 Å². The van der Waals surface area contributed by atoms with Crippen molar-refractivity contribution in [3.8, 4) is 5.75 Å². The molecule has 0 heterocycles. The summed E-state index contributed by atoms with van der Waals surface area (Å²) >= 11 is 9.26. The van der Waals surface area contributed by atoms with E-state index in [9.17, 15) is 4.39 Å². The molecule has 0 fully saturated rings. The molecule has 5 heteroatoms. The van der Waals surface area contributed by atoms with E-state index >= 15 is 0 Å². The van der Waals surface area contributed by atoms with Crippen LogP contribution in [0.25, 0.3) is 0 Å². The zero-order chi connectivity index (χ0) is 15.2. The molecule has 0 aliphatic heterocycles. The van der Waals surface area contributed by atoms with Crippen molar-refractivity contribution in [1.29, 1.82) is 0 Å². The number of halogens is 3. The average molecular weight is 373 g/mol. The molecular weight excluding hydrogens is 357 g/mol. The second-order valence-corrected chi connectivity index (χ2v) is 5.80. The highest BCUT2D eigenvalue weighted by Crippen LogP contribution is 2.24. The smallest absolute Gasteiger partial charge is 0.148 e. The van der Waals surface area contributed by atoms with Crippen LogP contribution in [-0.2, 0) is 13.2 Å². The lowest BCUT2D eigenvalue weighted by molar-refractivity contribution is 0.299. The third-order valence-corrected chi connectivity index (χ3v) is 4.07. The molecule has 0 unspecified atom stereocenters. The molecule has 0 bridgehead atoms. The Kier molecular flexibility index (Phi) is 6.03. The molecule has 0 saturated carbocycles. The monoisotopic (exact) mass is 371 g/mol. The maximum absolute atomic E-state index is 13.8. The molecule has 0 amide bonds. The van der Waals surface area contributed by atoms with Gasteiger partial charge in [0.1, 0.15) is 18.2 Å². The molecule has 2 aromatic rings. The molecule has 0 aromatic heterocycles. The number of nitrogens with one attached hydrogen (secondary N) is 1. The Balaban J connectivity index is 2.07. The second kappa shape index (κ2) is 7.78. The predicted molar refractivity (Wildman–Crippen MR) is 87.3 cm³/mol. The highest BCUT2D eigenvalue weighted by atomic mass is 79.9. The summed E-state index contributed by atoms with van der Waals surface area (Å²) in [6.07, 6.45) is 0. The molecule has 0 saturated heterocycles. The number of benzene rings is 2. The summed E-state index contributed by atoms with van der Waals surface area (Å²) in [4.78, 5) is 0. The van der Waals surface area contributed by atoms with E-state index in [1.807, 2.05) is 18.2 Å². The quantitative estimate of drug-likeness (QED) is 0.776. The maximum atomic E-state index is 13.8. The zero-order valence-corrected chi connectivity index (χ0v) is 14.0. The van der Waals surface area contributed by atoms with Crippen molar-refractivity contribution < 1.29 is 9.13 Å². The van der Waals surface area contributed by atoms with Gasteiger partial charge in [0.25, 0.3) is 0 Å². The molecule has 2 aromatic carbocycles. The Labute approximate surface area is 137 Å². The second-order valence-electron chi connectivity index (χ2n) is 4.54. The Bertz CT molecular complexity index is 621. The van der Waals surface area contributed by atoms with Crippen LogP contribution in [0.1, 0.15) is 18.1 Å². The van der Waals surface area contributed by atoms with Crippen molar-refractivity contribution in [2.45, 2.75) is 20.1 Å². The topological polar surface area (TPSA) is 21.3 Å². The van der Waals surface area contributed by atoms with Crippen LogP contribution in [-0.4, -0.2) is 6.54 Å². The highest BCUT2D eigenvalue weighted by Gasteiger charge is 2.08. The fraction of sp³-hybridized carbons (Fsp3) is 0.250. The standard InChI is InChI=1S/C16H16BrClFNO/c1-2-20-9-12-8-13(6-7-14(12)17)21-10-11-4-3-5-15(18)16(11)19/h3-8,20H,2,9-10H2,1H3. The molecule has 2 nitrogen and oxygen atoms in total. The van der Waals surface area contributed by atoms with Gasteiger partial charge in [-0.05, 0) is 36.4 Å². The normalized spacial score (nSPS) is 10.7. The van der Waals surface area contributed by atoms with Crippen molar-refractivity contribution in [3.05, 3.63) is 62.8 Å². The van der Waals surface area contributed by atoms with Gasteiger partial charge in [-0.15, -0.1) is 0 Å². The summed E-state index contributed by atoms with van der Waals surface area (Å²) < 4.78 is 20.5. The first-order chi connectivity index (χ1) is 10.1.